The first kappa shape index (κ1) is 20.9. The Morgan fingerprint density at radius 2 is 1.46 bits per heavy atom. The molecule has 2 heteroatoms. The lowest BCUT2D eigenvalue weighted by Crippen LogP contribution is -2.27. The lowest BCUT2D eigenvalue weighted by molar-refractivity contribution is 0.0484. The van der Waals surface area contributed by atoms with Gasteiger partial charge in [-0.2, -0.15) is 0 Å². The van der Waals surface area contributed by atoms with Crippen LogP contribution in [0.4, 0.5) is 0 Å². The zero-order valence-corrected chi connectivity index (χ0v) is 15.9. The fraction of sp³-hybridized carbons (Fsp3) is 0.682. The van der Waals surface area contributed by atoms with Crippen molar-refractivity contribution in [3.8, 4) is 0 Å². The van der Waals surface area contributed by atoms with Crippen LogP contribution >= 0.6 is 0 Å². The molecule has 1 rings (SSSR count). The van der Waals surface area contributed by atoms with E-state index in [1.54, 1.807) is 0 Å². The fourth-order valence-corrected chi connectivity index (χ4v) is 3.18. The summed E-state index contributed by atoms with van der Waals surface area (Å²) in [6.45, 7) is 6.06. The molecule has 1 aromatic rings. The van der Waals surface area contributed by atoms with E-state index in [1.807, 2.05) is 38.1 Å². The van der Waals surface area contributed by atoms with Gasteiger partial charge in [0.05, 0.1) is 5.60 Å². The summed E-state index contributed by atoms with van der Waals surface area (Å²) in [5, 5.41) is 10.6. The highest BCUT2D eigenvalue weighted by Gasteiger charge is 2.20. The highest BCUT2D eigenvalue weighted by molar-refractivity contribution is 5.95. The Morgan fingerprint density at radius 3 is 2.00 bits per heavy atom. The summed E-state index contributed by atoms with van der Waals surface area (Å²) < 4.78 is 0. The topological polar surface area (TPSA) is 37.3 Å². The molecule has 24 heavy (non-hydrogen) atoms. The number of ketones is 1. The first-order valence-electron chi connectivity index (χ1n) is 9.83. The second kappa shape index (κ2) is 11.4. The van der Waals surface area contributed by atoms with Crippen molar-refractivity contribution in [3.05, 3.63) is 35.4 Å². The largest absolute Gasteiger partial charge is 0.390 e. The maximum absolute atomic E-state index is 11.6. The van der Waals surface area contributed by atoms with E-state index in [2.05, 4.69) is 6.92 Å². The molecule has 0 heterocycles. The third-order valence-electron chi connectivity index (χ3n) is 4.75. The van der Waals surface area contributed by atoms with Crippen LogP contribution in [-0.2, 0) is 6.42 Å². The molecule has 0 spiro atoms. The second-order valence-corrected chi connectivity index (χ2v) is 7.37. The highest BCUT2D eigenvalue weighted by atomic mass is 16.3. The zero-order valence-electron chi connectivity index (χ0n) is 15.9. The van der Waals surface area contributed by atoms with Crippen LogP contribution < -0.4 is 0 Å². The molecular formula is C22H36O2. The van der Waals surface area contributed by atoms with Crippen molar-refractivity contribution < 1.29 is 9.90 Å². The molecule has 136 valence electrons. The number of hydrogen-bond donors (Lipinski definition) is 1. The Kier molecular flexibility index (Phi) is 9.94. The monoisotopic (exact) mass is 332 g/mol. The second-order valence-electron chi connectivity index (χ2n) is 7.37. The summed E-state index contributed by atoms with van der Waals surface area (Å²) in [6, 6.07) is 7.72. The number of unbranched alkanes of at least 4 members (excludes halogenated alkanes) is 7. The summed E-state index contributed by atoms with van der Waals surface area (Å²) in [5.41, 5.74) is 1.22. The minimum atomic E-state index is -0.654. The quantitative estimate of drug-likeness (QED) is 0.350. The summed E-state index contributed by atoms with van der Waals surface area (Å²) in [5.74, 6) is 0.173. The summed E-state index contributed by atoms with van der Waals surface area (Å²) in [7, 11) is 0. The van der Waals surface area contributed by atoms with Crippen LogP contribution in [-0.4, -0.2) is 16.5 Å². The first-order valence-corrected chi connectivity index (χ1v) is 9.83. The van der Waals surface area contributed by atoms with Crippen LogP contribution in [0.3, 0.4) is 0 Å². The van der Waals surface area contributed by atoms with Gasteiger partial charge in [0, 0.05) is 18.4 Å². The molecule has 0 aliphatic carbocycles. The number of hydrogen-bond acceptors (Lipinski definition) is 2. The summed E-state index contributed by atoms with van der Waals surface area (Å²) >= 11 is 0. The van der Waals surface area contributed by atoms with Crippen LogP contribution in [0.15, 0.2) is 24.3 Å². The van der Waals surface area contributed by atoms with Gasteiger partial charge in [-0.05, 0) is 18.9 Å². The molecule has 0 saturated carbocycles. The van der Waals surface area contributed by atoms with Crippen LogP contribution in [0.1, 0.15) is 101 Å². The number of aliphatic hydroxyl groups is 1. The number of carbonyl (C=O) groups is 1. The molecule has 0 radical (unpaired) electrons. The predicted molar refractivity (Wildman–Crippen MR) is 103 cm³/mol. The van der Waals surface area contributed by atoms with E-state index in [-0.39, 0.29) is 5.78 Å². The Bertz CT molecular complexity index is 459. The average molecular weight is 333 g/mol. The zero-order chi connectivity index (χ0) is 17.8. The van der Waals surface area contributed by atoms with E-state index in [0.29, 0.717) is 12.8 Å². The molecule has 1 unspecified atom stereocenters. The van der Waals surface area contributed by atoms with Crippen molar-refractivity contribution in [2.75, 3.05) is 0 Å². The first-order chi connectivity index (χ1) is 11.5. The van der Waals surface area contributed by atoms with Crippen molar-refractivity contribution >= 4 is 5.78 Å². The third-order valence-corrected chi connectivity index (χ3v) is 4.75. The fourth-order valence-electron chi connectivity index (χ4n) is 3.18. The average Bonchev–Trinajstić information content (AvgIpc) is 2.57. The molecular weight excluding hydrogens is 296 g/mol. The SMILES string of the molecule is CCCCCCCCCCC(C)(O)Cc1ccc(C(=O)CC)cc1. The van der Waals surface area contributed by atoms with E-state index in [0.717, 1.165) is 24.0 Å². The molecule has 1 aromatic carbocycles. The Balaban J connectivity index is 2.26. The van der Waals surface area contributed by atoms with Crippen molar-refractivity contribution in [2.24, 2.45) is 0 Å². The Labute approximate surface area is 148 Å². The van der Waals surface area contributed by atoms with Crippen LogP contribution in [0.2, 0.25) is 0 Å². The number of benzene rings is 1. The lowest BCUT2D eigenvalue weighted by Gasteiger charge is -2.23. The molecule has 1 atom stereocenters. The Morgan fingerprint density at radius 1 is 0.917 bits per heavy atom. The molecule has 0 aliphatic rings. The molecule has 0 saturated heterocycles. The van der Waals surface area contributed by atoms with Crippen molar-refractivity contribution in [1.82, 2.24) is 0 Å². The molecule has 0 amide bonds. The molecule has 1 N–H and O–H groups in total. The van der Waals surface area contributed by atoms with Crippen LogP contribution in [0.5, 0.6) is 0 Å². The van der Waals surface area contributed by atoms with Crippen molar-refractivity contribution in [1.29, 1.82) is 0 Å². The molecule has 0 bridgehead atoms. The van der Waals surface area contributed by atoms with Gasteiger partial charge < -0.3 is 5.11 Å². The smallest absolute Gasteiger partial charge is 0.162 e. The molecule has 0 aromatic heterocycles. The van der Waals surface area contributed by atoms with Crippen LogP contribution in [0, 0.1) is 0 Å². The van der Waals surface area contributed by atoms with E-state index >= 15 is 0 Å². The van der Waals surface area contributed by atoms with Gasteiger partial charge in [0.1, 0.15) is 0 Å². The van der Waals surface area contributed by atoms with Gasteiger partial charge in [-0.25, -0.2) is 0 Å². The third kappa shape index (κ3) is 8.63. The lowest BCUT2D eigenvalue weighted by atomic mass is 9.90. The number of carbonyl (C=O) groups excluding carboxylic acids is 1. The van der Waals surface area contributed by atoms with Crippen molar-refractivity contribution in [2.45, 2.75) is 97.0 Å². The van der Waals surface area contributed by atoms with E-state index in [1.165, 1.54) is 44.9 Å². The summed E-state index contributed by atoms with van der Waals surface area (Å²) in [6.07, 6.45) is 12.3. The maximum Gasteiger partial charge on any atom is 0.162 e. The highest BCUT2D eigenvalue weighted by Crippen LogP contribution is 2.21. The minimum absolute atomic E-state index is 0.173. The standard InChI is InChI=1S/C22H36O2/c1-4-6-7-8-9-10-11-12-17-22(3,24)18-19-13-15-20(16-14-19)21(23)5-2/h13-16,24H,4-12,17-18H2,1-3H3. The number of rotatable bonds is 13. The Hall–Kier alpha value is -1.15. The molecule has 2 nitrogen and oxygen atoms in total. The van der Waals surface area contributed by atoms with Gasteiger partial charge >= 0.3 is 0 Å². The normalized spacial score (nSPS) is 13.7. The van der Waals surface area contributed by atoms with Gasteiger partial charge in [-0.3, -0.25) is 4.79 Å². The minimum Gasteiger partial charge on any atom is -0.390 e. The van der Waals surface area contributed by atoms with Gasteiger partial charge in [-0.1, -0.05) is 89.5 Å². The van der Waals surface area contributed by atoms with Gasteiger partial charge in [0.25, 0.3) is 0 Å². The molecule has 0 aliphatic heterocycles. The van der Waals surface area contributed by atoms with Gasteiger partial charge in [-0.15, -0.1) is 0 Å². The number of Topliss-reactive ketones (excluding diaryl/α,β-unsaturated/α-hetero) is 1. The van der Waals surface area contributed by atoms with Gasteiger partial charge in [0.2, 0.25) is 0 Å². The predicted octanol–water partition coefficient (Wildman–Crippen LogP) is 6.10. The maximum atomic E-state index is 11.6. The van der Waals surface area contributed by atoms with Gasteiger partial charge in [0.15, 0.2) is 5.78 Å². The van der Waals surface area contributed by atoms with E-state index in [4.69, 9.17) is 0 Å². The van der Waals surface area contributed by atoms with Crippen LogP contribution in [0.25, 0.3) is 0 Å². The van der Waals surface area contributed by atoms with Crippen molar-refractivity contribution in [3.63, 3.8) is 0 Å². The summed E-state index contributed by atoms with van der Waals surface area (Å²) in [4.78, 5) is 11.6. The molecule has 0 fully saturated rings. The van der Waals surface area contributed by atoms with E-state index in [9.17, 15) is 9.90 Å². The van der Waals surface area contributed by atoms with E-state index < -0.39 is 5.60 Å².